The minimum atomic E-state index is -1.80. The molecular weight excluding hydrogens is 762 g/mol. The lowest BCUT2D eigenvalue weighted by Gasteiger charge is -2.28. The number of carbonyl (C=O) groups excluding carboxylic acids is 6. The second-order valence-corrected chi connectivity index (χ2v) is 15.5. The highest BCUT2D eigenvalue weighted by molar-refractivity contribution is 5.91. The van der Waals surface area contributed by atoms with Crippen molar-refractivity contribution in [1.82, 2.24) is 31.9 Å². The highest BCUT2D eigenvalue weighted by Crippen LogP contribution is 2.20. The van der Waals surface area contributed by atoms with Crippen molar-refractivity contribution >= 4 is 47.4 Å². The van der Waals surface area contributed by atoms with Gasteiger partial charge in [0.1, 0.15) is 18.0 Å². The van der Waals surface area contributed by atoms with E-state index in [0.717, 1.165) is 0 Å². The lowest BCUT2D eigenvalue weighted by molar-refractivity contribution is -0.142. The fraction of sp³-hybridized carbons (Fsp3) is 0.622. The summed E-state index contributed by atoms with van der Waals surface area (Å²) in [5, 5.41) is 53.7. The molecule has 21 heteroatoms. The molecule has 1 aromatic carbocycles. The van der Waals surface area contributed by atoms with Gasteiger partial charge in [0, 0.05) is 48.8 Å². The molecular formula is C37H61N9O12. The van der Waals surface area contributed by atoms with Crippen LogP contribution in [-0.4, -0.2) is 116 Å². The van der Waals surface area contributed by atoms with Gasteiger partial charge in [0.05, 0.1) is 25.3 Å². The number of nitrogens with two attached hydrogens (primary N) is 3. The van der Waals surface area contributed by atoms with E-state index in [9.17, 15) is 58.8 Å². The van der Waals surface area contributed by atoms with Crippen molar-refractivity contribution in [2.24, 2.45) is 17.2 Å². The maximum absolute atomic E-state index is 13.1. The average molecular weight is 824 g/mol. The van der Waals surface area contributed by atoms with Gasteiger partial charge < -0.3 is 69.5 Å². The molecule has 6 amide bonds. The summed E-state index contributed by atoms with van der Waals surface area (Å²) < 4.78 is 0. The van der Waals surface area contributed by atoms with E-state index in [4.69, 9.17) is 17.2 Å². The first-order valence-electron chi connectivity index (χ1n) is 18.8. The number of hydrogen-bond acceptors (Lipinski definition) is 13. The third kappa shape index (κ3) is 22.4. The van der Waals surface area contributed by atoms with Crippen LogP contribution in [0.15, 0.2) is 24.3 Å². The number of aliphatic hydroxyl groups excluding tert-OH is 1. The molecule has 58 heavy (non-hydrogen) atoms. The monoisotopic (exact) mass is 823 g/mol. The van der Waals surface area contributed by atoms with Gasteiger partial charge in [-0.25, -0.2) is 0 Å². The topological polar surface area (TPSA) is 368 Å². The predicted octanol–water partition coefficient (Wildman–Crippen LogP) is -1.94. The van der Waals surface area contributed by atoms with Crippen molar-refractivity contribution in [2.45, 2.75) is 133 Å². The van der Waals surface area contributed by atoms with Crippen molar-refractivity contribution in [3.8, 4) is 5.75 Å². The van der Waals surface area contributed by atoms with Crippen LogP contribution in [0.3, 0.4) is 0 Å². The molecule has 0 unspecified atom stereocenters. The molecule has 0 spiro atoms. The Balaban J connectivity index is 2.80. The van der Waals surface area contributed by atoms with Gasteiger partial charge in [-0.1, -0.05) is 12.1 Å². The van der Waals surface area contributed by atoms with E-state index >= 15 is 0 Å². The van der Waals surface area contributed by atoms with Crippen LogP contribution in [0.2, 0.25) is 0 Å². The first-order chi connectivity index (χ1) is 26.9. The average Bonchev–Trinajstić information content (AvgIpc) is 3.04. The van der Waals surface area contributed by atoms with E-state index < -0.39 is 102 Å². The molecule has 0 aliphatic heterocycles. The maximum Gasteiger partial charge on any atom is 0.305 e. The summed E-state index contributed by atoms with van der Waals surface area (Å²) in [5.41, 5.74) is 15.6. The number of hydrogen-bond donors (Lipinski definition) is 13. The van der Waals surface area contributed by atoms with Crippen molar-refractivity contribution in [1.29, 1.82) is 0 Å². The summed E-state index contributed by atoms with van der Waals surface area (Å²) in [7, 11) is 0. The molecule has 0 radical (unpaired) electrons. The quantitative estimate of drug-likeness (QED) is 0.0429. The SMILES string of the molecule is CC(C)(N)CC(=O)N[C@@H](CCN)CC(=O)N[C@@H](CCCN)CC(=O)NC(C)(C)CC(=O)N[C@H](O)CC(=O)N[C@H](CC(=O)O)C(=O)N[C@H](CC(=O)O)c1ccc(O)cc1. The number of carbonyl (C=O) groups is 8. The highest BCUT2D eigenvalue weighted by atomic mass is 16.4. The highest BCUT2D eigenvalue weighted by Gasteiger charge is 2.30. The Morgan fingerprint density at radius 1 is 0.638 bits per heavy atom. The minimum Gasteiger partial charge on any atom is -0.508 e. The van der Waals surface area contributed by atoms with E-state index in [1.165, 1.54) is 38.1 Å². The number of phenolic OH excluding ortho intramolecular Hbond substituents is 1. The molecule has 0 heterocycles. The normalized spacial score (nSPS) is 14.1. The fourth-order valence-corrected chi connectivity index (χ4v) is 5.82. The van der Waals surface area contributed by atoms with E-state index in [0.29, 0.717) is 25.8 Å². The van der Waals surface area contributed by atoms with Gasteiger partial charge in [-0.05, 0) is 77.7 Å². The summed E-state index contributed by atoms with van der Waals surface area (Å²) in [6.07, 6.45) is -3.54. The molecule has 0 saturated carbocycles. The third-order valence-corrected chi connectivity index (χ3v) is 8.29. The van der Waals surface area contributed by atoms with Gasteiger partial charge in [-0.3, -0.25) is 38.4 Å². The summed E-state index contributed by atoms with van der Waals surface area (Å²) in [6.45, 7) is 6.97. The zero-order valence-corrected chi connectivity index (χ0v) is 33.5. The van der Waals surface area contributed by atoms with Crippen LogP contribution in [0.4, 0.5) is 0 Å². The Morgan fingerprint density at radius 3 is 1.72 bits per heavy atom. The second-order valence-electron chi connectivity index (χ2n) is 15.5. The van der Waals surface area contributed by atoms with Crippen LogP contribution in [0.25, 0.3) is 0 Å². The molecule has 16 N–H and O–H groups in total. The van der Waals surface area contributed by atoms with Crippen LogP contribution >= 0.6 is 0 Å². The van der Waals surface area contributed by atoms with E-state index in [1.807, 2.05) is 0 Å². The van der Waals surface area contributed by atoms with Crippen molar-refractivity contribution in [2.75, 3.05) is 13.1 Å². The second kappa shape index (κ2) is 24.4. The van der Waals surface area contributed by atoms with Crippen LogP contribution in [0.5, 0.6) is 5.75 Å². The van der Waals surface area contributed by atoms with E-state index in [2.05, 4.69) is 31.9 Å². The zero-order chi connectivity index (χ0) is 44.2. The first kappa shape index (κ1) is 50.6. The number of amides is 6. The van der Waals surface area contributed by atoms with Gasteiger partial charge >= 0.3 is 11.9 Å². The Morgan fingerprint density at radius 2 is 1.17 bits per heavy atom. The predicted molar refractivity (Wildman–Crippen MR) is 209 cm³/mol. The Bertz CT molecular complexity index is 1570. The molecule has 0 saturated heterocycles. The number of aromatic hydroxyl groups is 1. The molecule has 0 aliphatic carbocycles. The molecule has 1 rings (SSSR count). The summed E-state index contributed by atoms with van der Waals surface area (Å²) in [6, 6.07) is 1.19. The number of nitrogens with one attached hydrogen (secondary N) is 6. The van der Waals surface area contributed by atoms with E-state index in [-0.39, 0.29) is 49.4 Å². The Kier molecular flexibility index (Phi) is 21.3. The molecule has 0 bridgehead atoms. The molecule has 21 nitrogen and oxygen atoms in total. The first-order valence-corrected chi connectivity index (χ1v) is 18.8. The number of benzene rings is 1. The lowest BCUT2D eigenvalue weighted by Crippen LogP contribution is -2.51. The van der Waals surface area contributed by atoms with E-state index in [1.54, 1.807) is 13.8 Å². The molecule has 0 aromatic heterocycles. The van der Waals surface area contributed by atoms with Crippen molar-refractivity contribution < 1.29 is 58.8 Å². The van der Waals surface area contributed by atoms with Crippen molar-refractivity contribution in [3.05, 3.63) is 29.8 Å². The number of carboxylic acids is 2. The molecule has 5 atom stereocenters. The third-order valence-electron chi connectivity index (χ3n) is 8.29. The number of phenols is 1. The van der Waals surface area contributed by atoms with Crippen LogP contribution in [0.1, 0.15) is 104 Å². The van der Waals surface area contributed by atoms with Crippen LogP contribution in [-0.2, 0) is 38.4 Å². The van der Waals surface area contributed by atoms with Crippen molar-refractivity contribution in [3.63, 3.8) is 0 Å². The Hall–Kier alpha value is -5.38. The standard InChI is InChI=1S/C37H61N9O12/c1-36(2,40)19-31(52)42-23(11-13-39)14-27(48)41-22(6-5-12-38)15-30(51)46-37(3,4)20-32(53)45-29(50)18-28(49)43-26(17-34(56)57)35(58)44-25(16-33(54)55)21-7-9-24(47)10-8-21/h7-10,22-23,25-26,29,47,50H,5-6,11-20,38-40H2,1-4H3,(H,41,48)(H,42,52)(H,43,49)(H,44,58)(H,45,53)(H,46,51)(H,54,55)(H,56,57)/t22-,23-,25+,26+,29+/m0/s1. The summed E-state index contributed by atoms with van der Waals surface area (Å²) >= 11 is 0. The maximum atomic E-state index is 13.1. The minimum absolute atomic E-state index is 0.0376. The number of rotatable bonds is 27. The van der Waals surface area contributed by atoms with Gasteiger partial charge in [0.25, 0.3) is 0 Å². The largest absolute Gasteiger partial charge is 0.508 e. The van der Waals surface area contributed by atoms with Gasteiger partial charge in [-0.2, -0.15) is 0 Å². The lowest BCUT2D eigenvalue weighted by atomic mass is 9.98. The smallest absolute Gasteiger partial charge is 0.305 e. The number of aliphatic carboxylic acids is 2. The molecule has 0 aliphatic rings. The van der Waals surface area contributed by atoms with Crippen LogP contribution in [0, 0.1) is 0 Å². The summed E-state index contributed by atoms with van der Waals surface area (Å²) in [5.74, 6) is -7.02. The Labute approximate surface area is 337 Å². The fourth-order valence-electron chi connectivity index (χ4n) is 5.82. The number of aliphatic hydroxyl groups is 1. The molecule has 1 aromatic rings. The zero-order valence-electron chi connectivity index (χ0n) is 33.5. The van der Waals surface area contributed by atoms with Gasteiger partial charge in [0.2, 0.25) is 35.4 Å². The van der Waals surface area contributed by atoms with Crippen LogP contribution < -0.4 is 49.1 Å². The molecule has 326 valence electrons. The number of carboxylic acid groups (broad SMARTS) is 2. The van der Waals surface area contributed by atoms with Gasteiger partial charge in [-0.15, -0.1) is 0 Å². The van der Waals surface area contributed by atoms with Gasteiger partial charge in [0.15, 0.2) is 0 Å². The summed E-state index contributed by atoms with van der Waals surface area (Å²) in [4.78, 5) is 100.0. The molecule has 0 fully saturated rings.